The molecule has 0 N–H and O–H groups in total. The van der Waals surface area contributed by atoms with Crippen molar-refractivity contribution in [2.24, 2.45) is 0 Å². The van der Waals surface area contributed by atoms with Crippen molar-refractivity contribution in [2.75, 3.05) is 6.54 Å². The summed E-state index contributed by atoms with van der Waals surface area (Å²) in [5, 5.41) is 11.0. The first kappa shape index (κ1) is 21.8. The van der Waals surface area contributed by atoms with E-state index in [1.54, 1.807) is 12.1 Å². The summed E-state index contributed by atoms with van der Waals surface area (Å²) in [5.74, 6) is -4.97. The number of alkyl halides is 2. The van der Waals surface area contributed by atoms with Crippen LogP contribution in [-0.2, 0) is 17.8 Å². The normalized spacial score (nSPS) is 13.9. The molecule has 1 amide bonds. The first-order chi connectivity index (χ1) is 15.5. The van der Waals surface area contributed by atoms with E-state index in [1.165, 1.54) is 4.90 Å². The Kier molecular flexibility index (Phi) is 6.38. The predicted octanol–water partition coefficient (Wildman–Crippen LogP) is 6.13. The van der Waals surface area contributed by atoms with Gasteiger partial charge in [-0.1, -0.05) is 78.9 Å². The van der Waals surface area contributed by atoms with Gasteiger partial charge in [-0.15, -0.1) is 0 Å². The Hall–Kier alpha value is -3.43. The zero-order chi connectivity index (χ0) is 22.6. The molecule has 0 saturated carbocycles. The lowest BCUT2D eigenvalue weighted by atomic mass is 9.99. The summed E-state index contributed by atoms with van der Waals surface area (Å²) in [5.41, 5.74) is 4.37. The van der Waals surface area contributed by atoms with E-state index >= 15 is 0 Å². The maximum atomic E-state index is 15.0. The molecule has 3 nitrogen and oxygen atoms in total. The number of carbonyl (C=O) groups excluding carboxylic acids is 1. The molecule has 0 aliphatic carbocycles. The molecule has 0 radical (unpaired) electrons. The number of thiocyanates is 1. The topological polar surface area (TPSA) is 44.1 Å². The Balaban J connectivity index is 1.57. The number of fused-ring (bicyclic) bond motifs is 1. The van der Waals surface area contributed by atoms with Crippen LogP contribution in [0.3, 0.4) is 0 Å². The lowest BCUT2D eigenvalue weighted by Gasteiger charge is -2.31. The van der Waals surface area contributed by atoms with Crippen LogP contribution in [0.2, 0.25) is 0 Å². The Bertz CT molecular complexity index is 1180. The summed E-state index contributed by atoms with van der Waals surface area (Å²) in [7, 11) is 0. The fourth-order valence-corrected chi connectivity index (χ4v) is 4.34. The van der Waals surface area contributed by atoms with Gasteiger partial charge in [0.05, 0.1) is 0 Å². The third-order valence-corrected chi connectivity index (χ3v) is 6.11. The van der Waals surface area contributed by atoms with Crippen LogP contribution in [0.5, 0.6) is 0 Å². The molecule has 0 fully saturated rings. The van der Waals surface area contributed by atoms with Gasteiger partial charge in [-0.2, -0.15) is 14.0 Å². The number of rotatable bonds is 5. The number of halogens is 2. The first-order valence-electron chi connectivity index (χ1n) is 10.2. The minimum absolute atomic E-state index is 0.0582. The van der Waals surface area contributed by atoms with Crippen LogP contribution in [0.15, 0.2) is 84.9 Å². The first-order valence-corrected chi connectivity index (χ1v) is 11.0. The molecular weight excluding hydrogens is 426 g/mol. The third kappa shape index (κ3) is 4.74. The van der Waals surface area contributed by atoms with Gasteiger partial charge in [0.2, 0.25) is 0 Å². The molecule has 0 unspecified atom stereocenters. The van der Waals surface area contributed by atoms with E-state index in [-0.39, 0.29) is 18.0 Å². The SMILES string of the molecule is N#CS/C(=C/C(F)(F)C(=O)N1CCc2ccccc2C1)c1ccc(-c2ccccc2)cc1. The minimum Gasteiger partial charge on any atom is -0.333 e. The van der Waals surface area contributed by atoms with E-state index < -0.39 is 11.8 Å². The molecular formula is C26H20F2N2OS. The number of hydrogen-bond acceptors (Lipinski definition) is 3. The number of carbonyl (C=O) groups is 1. The van der Waals surface area contributed by atoms with Gasteiger partial charge in [-0.25, -0.2) is 0 Å². The molecule has 160 valence electrons. The lowest BCUT2D eigenvalue weighted by Crippen LogP contribution is -2.45. The quantitative estimate of drug-likeness (QED) is 0.443. The van der Waals surface area contributed by atoms with E-state index in [0.29, 0.717) is 29.8 Å². The predicted molar refractivity (Wildman–Crippen MR) is 124 cm³/mol. The summed E-state index contributed by atoms with van der Waals surface area (Å²) < 4.78 is 30.0. The lowest BCUT2D eigenvalue weighted by molar-refractivity contribution is -0.151. The average molecular weight is 447 g/mol. The molecule has 4 rings (SSSR count). The largest absolute Gasteiger partial charge is 0.344 e. The molecule has 3 aromatic carbocycles. The van der Waals surface area contributed by atoms with Crippen LogP contribution in [-0.4, -0.2) is 23.3 Å². The zero-order valence-electron chi connectivity index (χ0n) is 17.2. The molecule has 1 aliphatic heterocycles. The average Bonchev–Trinajstić information content (AvgIpc) is 2.83. The highest BCUT2D eigenvalue weighted by molar-refractivity contribution is 8.12. The Morgan fingerprint density at radius 2 is 1.56 bits per heavy atom. The van der Waals surface area contributed by atoms with Gasteiger partial charge >= 0.3 is 5.92 Å². The van der Waals surface area contributed by atoms with Crippen molar-refractivity contribution in [3.05, 3.63) is 102 Å². The van der Waals surface area contributed by atoms with Crippen molar-refractivity contribution in [1.29, 1.82) is 5.26 Å². The third-order valence-electron chi connectivity index (χ3n) is 5.45. The van der Waals surface area contributed by atoms with Gasteiger partial charge in [-0.3, -0.25) is 4.79 Å². The Morgan fingerprint density at radius 3 is 2.25 bits per heavy atom. The highest BCUT2D eigenvalue weighted by atomic mass is 32.2. The van der Waals surface area contributed by atoms with Crippen LogP contribution in [0.25, 0.3) is 16.0 Å². The highest BCUT2D eigenvalue weighted by Crippen LogP contribution is 2.34. The van der Waals surface area contributed by atoms with E-state index in [2.05, 4.69) is 0 Å². The van der Waals surface area contributed by atoms with Crippen LogP contribution < -0.4 is 0 Å². The molecule has 3 aromatic rings. The van der Waals surface area contributed by atoms with Gasteiger partial charge in [0.15, 0.2) is 0 Å². The summed E-state index contributed by atoms with van der Waals surface area (Å²) in [6, 6.07) is 24.2. The van der Waals surface area contributed by atoms with Crippen LogP contribution in [0, 0.1) is 10.7 Å². The molecule has 0 bridgehead atoms. The second kappa shape index (κ2) is 9.37. The number of thioether (sulfide) groups is 1. The smallest absolute Gasteiger partial charge is 0.333 e. The van der Waals surface area contributed by atoms with E-state index in [0.717, 1.165) is 22.3 Å². The summed E-state index contributed by atoms with van der Waals surface area (Å²) in [4.78, 5) is 13.9. The highest BCUT2D eigenvalue weighted by Gasteiger charge is 2.41. The number of benzene rings is 3. The van der Waals surface area contributed by atoms with E-state index in [1.807, 2.05) is 72.1 Å². The molecule has 0 saturated heterocycles. The molecule has 1 aliphatic rings. The van der Waals surface area contributed by atoms with Crippen molar-refractivity contribution >= 4 is 22.6 Å². The summed E-state index contributed by atoms with van der Waals surface area (Å²) in [6.45, 7) is 0.400. The number of amides is 1. The second-order valence-electron chi connectivity index (χ2n) is 7.51. The van der Waals surface area contributed by atoms with E-state index in [9.17, 15) is 13.6 Å². The van der Waals surface area contributed by atoms with Gasteiger partial charge in [0.1, 0.15) is 5.40 Å². The molecule has 6 heteroatoms. The maximum Gasteiger partial charge on any atom is 0.344 e. The van der Waals surface area contributed by atoms with Crippen molar-refractivity contribution in [1.82, 2.24) is 4.90 Å². The van der Waals surface area contributed by atoms with Crippen LogP contribution >= 0.6 is 11.8 Å². The minimum atomic E-state index is -3.72. The fraction of sp³-hybridized carbons (Fsp3) is 0.154. The molecule has 0 aromatic heterocycles. The number of nitrogens with zero attached hydrogens (tertiary/aromatic N) is 2. The van der Waals surface area contributed by atoms with Crippen LogP contribution in [0.4, 0.5) is 8.78 Å². The maximum absolute atomic E-state index is 15.0. The monoisotopic (exact) mass is 446 g/mol. The summed E-state index contributed by atoms with van der Waals surface area (Å²) in [6.07, 6.45) is 1.16. The summed E-state index contributed by atoms with van der Waals surface area (Å²) >= 11 is 0.627. The van der Waals surface area contributed by atoms with Crippen molar-refractivity contribution in [3.63, 3.8) is 0 Å². The van der Waals surface area contributed by atoms with Crippen molar-refractivity contribution < 1.29 is 13.6 Å². The number of hydrogen-bond donors (Lipinski definition) is 0. The fourth-order valence-electron chi connectivity index (χ4n) is 3.78. The van der Waals surface area contributed by atoms with Gasteiger partial charge in [-0.05, 0) is 46.0 Å². The zero-order valence-corrected chi connectivity index (χ0v) is 18.0. The van der Waals surface area contributed by atoms with Crippen molar-refractivity contribution in [2.45, 2.75) is 18.9 Å². The van der Waals surface area contributed by atoms with Crippen LogP contribution in [0.1, 0.15) is 16.7 Å². The molecule has 0 atom stereocenters. The number of nitriles is 1. The van der Waals surface area contributed by atoms with E-state index in [4.69, 9.17) is 5.26 Å². The Morgan fingerprint density at radius 1 is 0.938 bits per heavy atom. The van der Waals surface area contributed by atoms with Gasteiger partial charge < -0.3 is 4.90 Å². The molecule has 0 spiro atoms. The van der Waals surface area contributed by atoms with Crippen molar-refractivity contribution in [3.8, 4) is 16.5 Å². The molecule has 32 heavy (non-hydrogen) atoms. The van der Waals surface area contributed by atoms with Gasteiger partial charge in [0.25, 0.3) is 5.91 Å². The van der Waals surface area contributed by atoms with Gasteiger partial charge in [0, 0.05) is 24.1 Å². The molecule has 1 heterocycles. The second-order valence-corrected chi connectivity index (χ2v) is 8.34. The Labute approximate surface area is 190 Å². The standard InChI is InChI=1S/C26H20F2N2OS/c27-26(28,25(31)30-15-14-20-8-4-5-9-23(20)17-30)16-24(32-18-29)22-12-10-21(11-13-22)19-6-2-1-3-7-19/h1-13,16H,14-15,17H2/b24-16+.